The van der Waals surface area contributed by atoms with E-state index in [1.807, 2.05) is 25.1 Å². The molecule has 1 N–H and O–H groups in total. The average Bonchev–Trinajstić information content (AvgIpc) is 3.30. The number of H-pyrrole nitrogens is 1. The third-order valence-electron chi connectivity index (χ3n) is 7.27. The van der Waals surface area contributed by atoms with Crippen molar-refractivity contribution in [1.82, 2.24) is 14.8 Å². The minimum absolute atomic E-state index is 0.189. The van der Waals surface area contributed by atoms with Gasteiger partial charge in [-0.25, -0.2) is 18.7 Å². The van der Waals surface area contributed by atoms with Gasteiger partial charge in [0, 0.05) is 11.0 Å². The predicted molar refractivity (Wildman–Crippen MR) is 124 cm³/mol. The first-order valence-corrected chi connectivity index (χ1v) is 11.4. The molecular formula is C26H31F2N3O2. The number of nitrogens with zero attached hydrogens (tertiary/aromatic N) is 2. The highest BCUT2D eigenvalue weighted by Gasteiger charge is 2.43. The number of ether oxygens (including phenoxy) is 1. The minimum atomic E-state index is -0.631. The van der Waals surface area contributed by atoms with Gasteiger partial charge < -0.3 is 4.74 Å². The van der Waals surface area contributed by atoms with E-state index in [0.29, 0.717) is 17.7 Å². The van der Waals surface area contributed by atoms with E-state index in [4.69, 9.17) is 4.74 Å². The van der Waals surface area contributed by atoms with Crippen LogP contribution in [-0.4, -0.2) is 21.4 Å². The lowest BCUT2D eigenvalue weighted by Crippen LogP contribution is -2.46. The molecule has 3 aromatic rings. The molecule has 0 spiro atoms. The first-order chi connectivity index (χ1) is 15.9. The van der Waals surface area contributed by atoms with Crippen LogP contribution in [0.4, 0.5) is 8.78 Å². The first-order valence-electron chi connectivity index (χ1n) is 11.4. The van der Waals surface area contributed by atoms with E-state index in [0.717, 1.165) is 31.2 Å². The van der Waals surface area contributed by atoms with Gasteiger partial charge >= 0.3 is 5.69 Å². The van der Waals surface area contributed by atoms with E-state index in [9.17, 15) is 13.6 Å². The fourth-order valence-corrected chi connectivity index (χ4v) is 5.01. The van der Waals surface area contributed by atoms with Crippen molar-refractivity contribution < 1.29 is 13.5 Å². The summed E-state index contributed by atoms with van der Waals surface area (Å²) in [6.07, 6.45) is 4.59. The highest BCUT2D eigenvalue weighted by Crippen LogP contribution is 2.46. The standard InChI is InChI=1S/C26H31F2N3O2/c1-19(22-13-20(15-27)12-21(14-22)16-28)33-17-26(23-6-4-3-5-7-23)10-8-25(2,9-11-26)31-18-29-30-24(31)32/h3-7,12-14,18-19H,8-11,15-17H2,1-2H3,(H,30,32)/t19-,25?,26?/m1/s1. The molecule has 1 aliphatic rings. The Morgan fingerprint density at radius 1 is 1.06 bits per heavy atom. The van der Waals surface area contributed by atoms with E-state index in [1.165, 1.54) is 5.56 Å². The van der Waals surface area contributed by atoms with Crippen LogP contribution >= 0.6 is 0 Å². The van der Waals surface area contributed by atoms with Crippen LogP contribution in [0.3, 0.4) is 0 Å². The van der Waals surface area contributed by atoms with E-state index in [-0.39, 0.29) is 22.7 Å². The molecule has 0 radical (unpaired) electrons. The van der Waals surface area contributed by atoms with Gasteiger partial charge in [-0.15, -0.1) is 0 Å². The molecule has 1 saturated carbocycles. The number of nitrogens with one attached hydrogen (secondary N) is 1. The molecule has 1 atom stereocenters. The second-order valence-corrected chi connectivity index (χ2v) is 9.48. The molecule has 1 fully saturated rings. The highest BCUT2D eigenvalue weighted by atomic mass is 19.1. The Kier molecular flexibility index (Phi) is 6.79. The Bertz CT molecular complexity index is 1100. The monoisotopic (exact) mass is 455 g/mol. The van der Waals surface area contributed by atoms with Crippen LogP contribution in [0.15, 0.2) is 59.7 Å². The number of alkyl halides is 2. The third-order valence-corrected chi connectivity index (χ3v) is 7.27. The number of rotatable bonds is 8. The normalized spacial score (nSPS) is 24.0. The fraction of sp³-hybridized carbons (Fsp3) is 0.462. The Morgan fingerprint density at radius 3 is 2.24 bits per heavy atom. The van der Waals surface area contributed by atoms with E-state index in [1.54, 1.807) is 29.1 Å². The van der Waals surface area contributed by atoms with Crippen molar-refractivity contribution in [2.45, 2.75) is 69.9 Å². The summed E-state index contributed by atoms with van der Waals surface area (Å²) in [6.45, 7) is 3.25. The van der Waals surface area contributed by atoms with Crippen molar-refractivity contribution in [3.05, 3.63) is 87.6 Å². The molecule has 0 amide bonds. The zero-order valence-electron chi connectivity index (χ0n) is 19.2. The molecule has 33 heavy (non-hydrogen) atoms. The number of hydrogen-bond donors (Lipinski definition) is 1. The van der Waals surface area contributed by atoms with Crippen molar-refractivity contribution >= 4 is 0 Å². The quantitative estimate of drug-likeness (QED) is 0.487. The Hall–Kier alpha value is -2.80. The summed E-state index contributed by atoms with van der Waals surface area (Å²) < 4.78 is 34.6. The van der Waals surface area contributed by atoms with Crippen LogP contribution in [-0.2, 0) is 29.0 Å². The van der Waals surface area contributed by atoms with Crippen LogP contribution < -0.4 is 5.69 Å². The van der Waals surface area contributed by atoms with Crippen molar-refractivity contribution in [2.24, 2.45) is 0 Å². The minimum Gasteiger partial charge on any atom is -0.373 e. The molecule has 0 aliphatic heterocycles. The van der Waals surface area contributed by atoms with Gasteiger partial charge in [-0.2, -0.15) is 5.10 Å². The van der Waals surface area contributed by atoms with Crippen LogP contribution in [0.1, 0.15) is 67.9 Å². The molecule has 0 unspecified atom stereocenters. The second kappa shape index (κ2) is 9.59. The number of aromatic amines is 1. The van der Waals surface area contributed by atoms with Gasteiger partial charge in [0.25, 0.3) is 0 Å². The zero-order chi connectivity index (χ0) is 23.5. The Balaban J connectivity index is 1.56. The summed E-state index contributed by atoms with van der Waals surface area (Å²) in [6, 6.07) is 15.4. The molecule has 176 valence electrons. The molecule has 1 aliphatic carbocycles. The van der Waals surface area contributed by atoms with Crippen molar-refractivity contribution in [1.29, 1.82) is 0 Å². The molecule has 5 nitrogen and oxygen atoms in total. The molecule has 0 saturated heterocycles. The fourth-order valence-electron chi connectivity index (χ4n) is 5.01. The van der Waals surface area contributed by atoms with Gasteiger partial charge in [-0.1, -0.05) is 48.5 Å². The predicted octanol–water partition coefficient (Wildman–Crippen LogP) is 5.52. The molecule has 0 bridgehead atoms. The summed E-state index contributed by atoms with van der Waals surface area (Å²) in [5, 5.41) is 6.41. The molecule has 2 aromatic carbocycles. The van der Waals surface area contributed by atoms with Crippen molar-refractivity contribution in [3.8, 4) is 0 Å². The first kappa shape index (κ1) is 23.4. The molecule has 7 heteroatoms. The number of benzene rings is 2. The molecule has 1 aromatic heterocycles. The van der Waals surface area contributed by atoms with Crippen LogP contribution in [0.2, 0.25) is 0 Å². The zero-order valence-corrected chi connectivity index (χ0v) is 19.2. The highest BCUT2D eigenvalue weighted by molar-refractivity contribution is 5.31. The van der Waals surface area contributed by atoms with Crippen LogP contribution in [0.5, 0.6) is 0 Å². The lowest BCUT2D eigenvalue weighted by atomic mass is 9.65. The van der Waals surface area contributed by atoms with Crippen molar-refractivity contribution in [2.75, 3.05) is 6.61 Å². The SMILES string of the molecule is C[C@@H](OCC1(c2ccccc2)CCC(C)(n2cn[nH]c2=O)CC1)c1cc(CF)cc(CF)c1. The number of hydrogen-bond acceptors (Lipinski definition) is 3. The van der Waals surface area contributed by atoms with Gasteiger partial charge in [-0.3, -0.25) is 4.57 Å². The maximum atomic E-state index is 13.3. The van der Waals surface area contributed by atoms with Crippen molar-refractivity contribution in [3.63, 3.8) is 0 Å². The smallest absolute Gasteiger partial charge is 0.343 e. The summed E-state index contributed by atoms with van der Waals surface area (Å²) in [5.41, 5.74) is 2.22. The lowest BCUT2D eigenvalue weighted by molar-refractivity contribution is 0.000763. The van der Waals surface area contributed by atoms with Gasteiger partial charge in [0.05, 0.1) is 12.7 Å². The molecular weight excluding hydrogens is 424 g/mol. The topological polar surface area (TPSA) is 59.9 Å². The number of aromatic nitrogens is 3. The maximum Gasteiger partial charge on any atom is 0.343 e. The maximum absolute atomic E-state index is 13.3. The number of halogens is 2. The summed E-state index contributed by atoms with van der Waals surface area (Å²) in [7, 11) is 0. The summed E-state index contributed by atoms with van der Waals surface area (Å²) in [5.74, 6) is 0. The van der Waals surface area contributed by atoms with Gasteiger partial charge in [0.1, 0.15) is 19.7 Å². The lowest BCUT2D eigenvalue weighted by Gasteiger charge is -2.45. The second-order valence-electron chi connectivity index (χ2n) is 9.48. The van der Waals surface area contributed by atoms with E-state index >= 15 is 0 Å². The third kappa shape index (κ3) is 4.78. The van der Waals surface area contributed by atoms with Gasteiger partial charge in [0.15, 0.2) is 0 Å². The summed E-state index contributed by atoms with van der Waals surface area (Å²) >= 11 is 0. The molecule has 4 rings (SSSR count). The largest absolute Gasteiger partial charge is 0.373 e. The van der Waals surface area contributed by atoms with Gasteiger partial charge in [-0.05, 0) is 61.8 Å². The van der Waals surface area contributed by atoms with E-state index < -0.39 is 13.3 Å². The van der Waals surface area contributed by atoms with Gasteiger partial charge in [0.2, 0.25) is 0 Å². The van der Waals surface area contributed by atoms with E-state index in [2.05, 4.69) is 29.3 Å². The molecule has 1 heterocycles. The Morgan fingerprint density at radius 2 is 1.70 bits per heavy atom. The van der Waals surface area contributed by atoms with Crippen LogP contribution in [0.25, 0.3) is 0 Å². The Labute approximate surface area is 192 Å². The summed E-state index contributed by atoms with van der Waals surface area (Å²) in [4.78, 5) is 12.2. The van der Waals surface area contributed by atoms with Crippen LogP contribution in [0, 0.1) is 0 Å². The average molecular weight is 456 g/mol.